The van der Waals surface area contributed by atoms with Gasteiger partial charge in [-0.1, -0.05) is 6.42 Å². The Labute approximate surface area is 115 Å². The first-order valence-electron chi connectivity index (χ1n) is 7.87. The van der Waals surface area contributed by atoms with Gasteiger partial charge in [-0.15, -0.1) is 0 Å². The summed E-state index contributed by atoms with van der Waals surface area (Å²) in [6.07, 6.45) is 7.40. The molecule has 4 nitrogen and oxygen atoms in total. The molecule has 1 aliphatic heterocycles. The summed E-state index contributed by atoms with van der Waals surface area (Å²) in [6.45, 7) is 0.971. The molecule has 1 heterocycles. The van der Waals surface area contributed by atoms with Crippen LogP contribution in [0.3, 0.4) is 0 Å². The Hall–Kier alpha value is -0.130. The first-order valence-corrected chi connectivity index (χ1v) is 9.53. The molecule has 0 aromatic carbocycles. The molecule has 4 aliphatic rings. The second-order valence-corrected chi connectivity index (χ2v) is 8.86. The Morgan fingerprint density at radius 2 is 1.79 bits per heavy atom. The van der Waals surface area contributed by atoms with Gasteiger partial charge in [0.1, 0.15) is 0 Å². The summed E-state index contributed by atoms with van der Waals surface area (Å²) < 4.78 is 27.5. The van der Waals surface area contributed by atoms with Crippen LogP contribution >= 0.6 is 0 Å². The highest BCUT2D eigenvalue weighted by Crippen LogP contribution is 2.65. The second-order valence-electron chi connectivity index (χ2n) is 7.06. The molecule has 3 saturated carbocycles. The van der Waals surface area contributed by atoms with E-state index in [1.165, 1.54) is 25.7 Å². The summed E-state index contributed by atoms with van der Waals surface area (Å²) in [5.74, 6) is 3.31. The van der Waals surface area contributed by atoms with Crippen molar-refractivity contribution in [2.45, 2.75) is 50.6 Å². The summed E-state index contributed by atoms with van der Waals surface area (Å²) in [5.41, 5.74) is 0. The number of nitrogens with one attached hydrogen (secondary N) is 2. The fourth-order valence-electron chi connectivity index (χ4n) is 5.07. The van der Waals surface area contributed by atoms with Gasteiger partial charge < -0.3 is 5.32 Å². The van der Waals surface area contributed by atoms with E-state index in [9.17, 15) is 8.42 Å². The zero-order valence-corrected chi connectivity index (χ0v) is 12.2. The summed E-state index contributed by atoms with van der Waals surface area (Å²) in [6, 6.07) is 0.460. The topological polar surface area (TPSA) is 58.2 Å². The van der Waals surface area contributed by atoms with Crippen LogP contribution in [0, 0.1) is 23.7 Å². The van der Waals surface area contributed by atoms with Gasteiger partial charge in [-0.2, -0.15) is 0 Å². The van der Waals surface area contributed by atoms with Gasteiger partial charge in [0.25, 0.3) is 0 Å². The standard InChI is InChI=1S/C14H24N2O2S/c17-19(18,8-11-3-1-2-6-15-11)16-14-12-9-4-5-10(7-9)13(12)14/h9-16H,1-8H2. The average Bonchev–Trinajstić information content (AvgIpc) is 2.78. The molecule has 2 bridgehead atoms. The van der Waals surface area contributed by atoms with Gasteiger partial charge in [0.2, 0.25) is 10.0 Å². The zero-order chi connectivity index (χ0) is 13.0. The molecular weight excluding hydrogens is 260 g/mol. The van der Waals surface area contributed by atoms with Crippen LogP contribution in [0.4, 0.5) is 0 Å². The molecule has 0 radical (unpaired) electrons. The second kappa shape index (κ2) is 4.43. The third kappa shape index (κ3) is 2.24. The molecule has 3 aliphatic carbocycles. The minimum Gasteiger partial charge on any atom is -0.313 e. The van der Waals surface area contributed by atoms with Crippen LogP contribution in [-0.2, 0) is 10.0 Å². The Bertz CT molecular complexity index is 442. The van der Waals surface area contributed by atoms with E-state index in [-0.39, 0.29) is 11.8 Å². The normalized spacial score (nSPS) is 48.2. The first-order chi connectivity index (χ1) is 9.14. The lowest BCUT2D eigenvalue weighted by molar-refractivity contribution is 0.420. The molecule has 4 rings (SSSR count). The van der Waals surface area contributed by atoms with E-state index in [0.717, 1.165) is 31.2 Å². The zero-order valence-electron chi connectivity index (χ0n) is 11.3. The molecule has 0 amide bonds. The number of hydrogen-bond donors (Lipinski definition) is 2. The predicted molar refractivity (Wildman–Crippen MR) is 74.2 cm³/mol. The van der Waals surface area contributed by atoms with Crippen molar-refractivity contribution in [1.82, 2.24) is 10.0 Å². The van der Waals surface area contributed by atoms with Gasteiger partial charge >= 0.3 is 0 Å². The lowest BCUT2D eigenvalue weighted by Gasteiger charge is -2.23. The van der Waals surface area contributed by atoms with Gasteiger partial charge in [-0.05, 0) is 62.3 Å². The van der Waals surface area contributed by atoms with E-state index in [1.807, 2.05) is 0 Å². The number of piperidine rings is 1. The van der Waals surface area contributed by atoms with Crippen molar-refractivity contribution in [1.29, 1.82) is 0 Å². The maximum Gasteiger partial charge on any atom is 0.213 e. The largest absolute Gasteiger partial charge is 0.313 e. The maximum atomic E-state index is 12.3. The smallest absolute Gasteiger partial charge is 0.213 e. The minimum absolute atomic E-state index is 0.168. The molecule has 5 atom stereocenters. The molecule has 1 saturated heterocycles. The molecular formula is C14H24N2O2S. The van der Waals surface area contributed by atoms with Crippen LogP contribution in [0.5, 0.6) is 0 Å². The van der Waals surface area contributed by atoms with Gasteiger partial charge in [0.05, 0.1) is 5.75 Å². The van der Waals surface area contributed by atoms with Crippen LogP contribution in [0.1, 0.15) is 38.5 Å². The molecule has 19 heavy (non-hydrogen) atoms. The highest BCUT2D eigenvalue weighted by Gasteiger charge is 2.65. The quantitative estimate of drug-likeness (QED) is 0.812. The Kier molecular flexibility index (Phi) is 2.94. The number of hydrogen-bond acceptors (Lipinski definition) is 3. The number of rotatable bonds is 4. The van der Waals surface area contributed by atoms with E-state index in [2.05, 4.69) is 10.0 Å². The van der Waals surface area contributed by atoms with Crippen LogP contribution < -0.4 is 10.0 Å². The lowest BCUT2D eigenvalue weighted by Crippen LogP contribution is -2.43. The van der Waals surface area contributed by atoms with Gasteiger partial charge in [0.15, 0.2) is 0 Å². The molecule has 0 aromatic heterocycles. The van der Waals surface area contributed by atoms with Gasteiger partial charge in [-0.25, -0.2) is 13.1 Å². The van der Waals surface area contributed by atoms with E-state index in [0.29, 0.717) is 17.9 Å². The van der Waals surface area contributed by atoms with Crippen molar-refractivity contribution < 1.29 is 8.42 Å². The molecule has 4 fully saturated rings. The monoisotopic (exact) mass is 284 g/mol. The van der Waals surface area contributed by atoms with Crippen LogP contribution in [-0.4, -0.2) is 32.8 Å². The fraction of sp³-hybridized carbons (Fsp3) is 1.00. The predicted octanol–water partition coefficient (Wildman–Crippen LogP) is 1.09. The highest BCUT2D eigenvalue weighted by molar-refractivity contribution is 7.89. The van der Waals surface area contributed by atoms with E-state index < -0.39 is 10.0 Å². The molecule has 108 valence electrons. The van der Waals surface area contributed by atoms with Crippen molar-refractivity contribution in [2.24, 2.45) is 23.7 Å². The third-order valence-corrected chi connectivity index (χ3v) is 7.36. The Morgan fingerprint density at radius 3 is 2.42 bits per heavy atom. The van der Waals surface area contributed by atoms with Crippen molar-refractivity contribution in [3.63, 3.8) is 0 Å². The first kappa shape index (κ1) is 12.6. The SMILES string of the molecule is O=S(=O)(CC1CCCCN1)NC1C2C3CCC(C3)C12. The number of sulfonamides is 1. The summed E-state index contributed by atoms with van der Waals surface area (Å²) in [5, 5.41) is 3.33. The van der Waals surface area contributed by atoms with Crippen molar-refractivity contribution in [3.8, 4) is 0 Å². The molecule has 5 heteroatoms. The summed E-state index contributed by atoms with van der Waals surface area (Å²) in [4.78, 5) is 0. The van der Waals surface area contributed by atoms with E-state index in [1.54, 1.807) is 0 Å². The van der Waals surface area contributed by atoms with E-state index in [4.69, 9.17) is 0 Å². The van der Waals surface area contributed by atoms with Gasteiger partial charge in [-0.3, -0.25) is 0 Å². The molecule has 0 aromatic rings. The molecule has 5 unspecified atom stereocenters. The summed E-state index contributed by atoms with van der Waals surface area (Å²) >= 11 is 0. The molecule has 2 N–H and O–H groups in total. The summed E-state index contributed by atoms with van der Waals surface area (Å²) in [7, 11) is -3.09. The molecule has 0 spiro atoms. The maximum absolute atomic E-state index is 12.3. The van der Waals surface area contributed by atoms with Crippen molar-refractivity contribution in [3.05, 3.63) is 0 Å². The van der Waals surface area contributed by atoms with Crippen molar-refractivity contribution >= 4 is 10.0 Å². The Morgan fingerprint density at radius 1 is 1.05 bits per heavy atom. The lowest BCUT2D eigenvalue weighted by atomic mass is 10.0. The fourth-order valence-corrected chi connectivity index (χ4v) is 6.71. The minimum atomic E-state index is -3.09. The average molecular weight is 284 g/mol. The Balaban J connectivity index is 1.35. The van der Waals surface area contributed by atoms with Gasteiger partial charge in [0, 0.05) is 12.1 Å². The highest BCUT2D eigenvalue weighted by atomic mass is 32.2. The third-order valence-electron chi connectivity index (χ3n) is 5.88. The number of fused-ring (bicyclic) bond motifs is 5. The van der Waals surface area contributed by atoms with Crippen molar-refractivity contribution in [2.75, 3.05) is 12.3 Å². The van der Waals surface area contributed by atoms with E-state index >= 15 is 0 Å². The van der Waals surface area contributed by atoms with Crippen LogP contribution in [0.25, 0.3) is 0 Å². The van der Waals surface area contributed by atoms with Crippen LogP contribution in [0.15, 0.2) is 0 Å². The van der Waals surface area contributed by atoms with Crippen LogP contribution in [0.2, 0.25) is 0 Å².